The van der Waals surface area contributed by atoms with Gasteiger partial charge in [0.15, 0.2) is 0 Å². The summed E-state index contributed by atoms with van der Waals surface area (Å²) >= 11 is 7.11. The largest absolute Gasteiger partial charge is 0.462 e. The van der Waals surface area contributed by atoms with Gasteiger partial charge in [-0.25, -0.2) is 4.79 Å². The first-order chi connectivity index (χ1) is 28.8. The van der Waals surface area contributed by atoms with Crippen LogP contribution < -0.4 is 0 Å². The van der Waals surface area contributed by atoms with Gasteiger partial charge in [-0.15, -0.1) is 45.3 Å². The minimum Gasteiger partial charge on any atom is -0.462 e. The zero-order valence-corrected chi connectivity index (χ0v) is 39.7. The van der Waals surface area contributed by atoms with E-state index in [1.807, 2.05) is 34.0 Å². The lowest BCUT2D eigenvalue weighted by molar-refractivity contribution is 0.0503. The van der Waals surface area contributed by atoms with E-state index >= 15 is 0 Å². The number of carbonyl (C=O) groups excluding carboxylic acids is 1. The Bertz CT molecular complexity index is 2330. The zero-order chi connectivity index (χ0) is 41.5. The highest BCUT2D eigenvalue weighted by Gasteiger charge is 2.27. The number of unbranched alkanes of at least 4 members (excludes halogenated alkanes) is 7. The number of esters is 1. The van der Waals surface area contributed by atoms with Gasteiger partial charge in [0.1, 0.15) is 27.9 Å². The molecule has 0 fully saturated rings. The molecule has 0 saturated heterocycles. The molecule has 0 spiro atoms. The van der Waals surface area contributed by atoms with Crippen LogP contribution in [-0.4, -0.2) is 12.6 Å². The van der Waals surface area contributed by atoms with E-state index in [9.17, 15) is 4.79 Å². The summed E-state index contributed by atoms with van der Waals surface area (Å²) in [7, 11) is 0. The predicted octanol–water partition coefficient (Wildman–Crippen LogP) is 18.2. The Hall–Kier alpha value is -3.17. The number of ether oxygens (including phenoxy) is 1. The Morgan fingerprint density at radius 2 is 1.19 bits per heavy atom. The van der Waals surface area contributed by atoms with Gasteiger partial charge in [0.05, 0.1) is 16.2 Å². The number of thiophene rings is 4. The molecule has 59 heavy (non-hydrogen) atoms. The average Bonchev–Trinajstić information content (AvgIpc) is 4.10. The lowest BCUT2D eigenvalue weighted by Crippen LogP contribution is -2.04. The fourth-order valence-corrected chi connectivity index (χ4v) is 13.5. The van der Waals surface area contributed by atoms with Gasteiger partial charge in [-0.3, -0.25) is 0 Å². The molecular weight excluding hydrogens is 805 g/mol. The van der Waals surface area contributed by atoms with E-state index < -0.39 is 0 Å². The molecule has 0 aliphatic carbocycles. The van der Waals surface area contributed by atoms with Crippen molar-refractivity contribution >= 4 is 81.6 Å². The Morgan fingerprint density at radius 1 is 0.610 bits per heavy atom. The maximum Gasteiger partial charge on any atom is 0.348 e. The molecule has 7 rings (SSSR count). The number of rotatable bonds is 23. The molecule has 1 aromatic carbocycles. The topological polar surface area (TPSA) is 52.6 Å². The van der Waals surface area contributed by atoms with Crippen molar-refractivity contribution in [2.45, 2.75) is 151 Å². The van der Waals surface area contributed by atoms with Crippen LogP contribution in [0.15, 0.2) is 51.3 Å². The van der Waals surface area contributed by atoms with Crippen LogP contribution in [0.2, 0.25) is 0 Å². The van der Waals surface area contributed by atoms with E-state index in [2.05, 4.69) is 90.9 Å². The van der Waals surface area contributed by atoms with Crippen LogP contribution >= 0.6 is 45.3 Å². The van der Waals surface area contributed by atoms with Crippen molar-refractivity contribution in [3.05, 3.63) is 68.6 Å². The molecule has 4 nitrogen and oxygen atoms in total. The molecule has 2 unspecified atom stereocenters. The fraction of sp³-hybridized carbons (Fsp3) is 0.510. The molecule has 7 aromatic rings. The minimum atomic E-state index is -0.200. The molecule has 0 saturated carbocycles. The van der Waals surface area contributed by atoms with Crippen molar-refractivity contribution in [2.24, 2.45) is 11.8 Å². The first-order valence-electron chi connectivity index (χ1n) is 22.6. The maximum atomic E-state index is 13.3. The maximum absolute atomic E-state index is 13.3. The van der Waals surface area contributed by atoms with Crippen LogP contribution in [0.4, 0.5) is 0 Å². The van der Waals surface area contributed by atoms with E-state index in [1.54, 1.807) is 11.3 Å². The highest BCUT2D eigenvalue weighted by atomic mass is 32.1. The predicted molar refractivity (Wildman–Crippen MR) is 258 cm³/mol. The quantitative estimate of drug-likeness (QED) is 0.0475. The summed E-state index contributed by atoms with van der Waals surface area (Å²) < 4.78 is 23.2. The first kappa shape index (κ1) is 43.9. The van der Waals surface area contributed by atoms with Crippen molar-refractivity contribution < 1.29 is 18.4 Å². The van der Waals surface area contributed by atoms with E-state index in [4.69, 9.17) is 13.6 Å². The third kappa shape index (κ3) is 9.98. The highest BCUT2D eigenvalue weighted by Crippen LogP contribution is 2.54. The van der Waals surface area contributed by atoms with Crippen LogP contribution in [0.25, 0.3) is 62.7 Å². The molecule has 0 radical (unpaired) electrons. The Kier molecular flexibility index (Phi) is 15.3. The molecular formula is C51H64O4S4. The van der Waals surface area contributed by atoms with Crippen molar-refractivity contribution in [2.75, 3.05) is 6.61 Å². The van der Waals surface area contributed by atoms with E-state index in [0.29, 0.717) is 23.3 Å². The monoisotopic (exact) mass is 868 g/mol. The second-order valence-electron chi connectivity index (χ2n) is 16.7. The summed E-state index contributed by atoms with van der Waals surface area (Å²) in [6.07, 6.45) is 18.7. The third-order valence-corrected chi connectivity index (χ3v) is 17.0. The number of hydrogen-bond acceptors (Lipinski definition) is 8. The van der Waals surface area contributed by atoms with Gasteiger partial charge in [0, 0.05) is 64.2 Å². The van der Waals surface area contributed by atoms with E-state index in [0.717, 1.165) is 67.0 Å². The molecule has 0 N–H and O–H groups in total. The first-order valence-corrected chi connectivity index (χ1v) is 25.9. The highest BCUT2D eigenvalue weighted by molar-refractivity contribution is 7.31. The van der Waals surface area contributed by atoms with E-state index in [1.165, 1.54) is 120 Å². The van der Waals surface area contributed by atoms with Crippen molar-refractivity contribution in [3.8, 4) is 32.4 Å². The Balaban J connectivity index is 1.31. The van der Waals surface area contributed by atoms with Gasteiger partial charge >= 0.3 is 5.97 Å². The molecule has 316 valence electrons. The van der Waals surface area contributed by atoms with Crippen molar-refractivity contribution in [1.82, 2.24) is 0 Å². The normalized spacial score (nSPS) is 13.1. The van der Waals surface area contributed by atoms with Crippen molar-refractivity contribution in [3.63, 3.8) is 0 Å². The molecule has 8 heteroatoms. The molecule has 6 heterocycles. The summed E-state index contributed by atoms with van der Waals surface area (Å²) in [6, 6.07) is 15.7. The van der Waals surface area contributed by atoms with Crippen LogP contribution in [-0.2, 0) is 17.6 Å². The zero-order valence-electron chi connectivity index (χ0n) is 36.5. The molecule has 0 amide bonds. The summed E-state index contributed by atoms with van der Waals surface area (Å²) in [4.78, 5) is 19.0. The van der Waals surface area contributed by atoms with Gasteiger partial charge in [0.25, 0.3) is 0 Å². The molecule has 6 aromatic heterocycles. The van der Waals surface area contributed by atoms with Crippen LogP contribution in [0.1, 0.15) is 155 Å². The number of benzene rings is 1. The Morgan fingerprint density at radius 3 is 1.80 bits per heavy atom. The number of aryl methyl sites for hydroxylation is 2. The van der Waals surface area contributed by atoms with Gasteiger partial charge in [0.2, 0.25) is 0 Å². The number of hydrogen-bond donors (Lipinski definition) is 0. The molecule has 0 bridgehead atoms. The molecule has 0 aliphatic rings. The second-order valence-corrected chi connectivity index (χ2v) is 21.3. The van der Waals surface area contributed by atoms with Crippen LogP contribution in [0.3, 0.4) is 0 Å². The second kappa shape index (κ2) is 20.6. The Labute approximate surface area is 368 Å². The summed E-state index contributed by atoms with van der Waals surface area (Å²) in [5.74, 6) is 5.09. The third-order valence-electron chi connectivity index (χ3n) is 12.2. The van der Waals surface area contributed by atoms with Crippen molar-refractivity contribution in [1.29, 1.82) is 0 Å². The molecule has 0 aliphatic heterocycles. The summed E-state index contributed by atoms with van der Waals surface area (Å²) in [5.41, 5.74) is 2.36. The average molecular weight is 869 g/mol. The van der Waals surface area contributed by atoms with Gasteiger partial charge < -0.3 is 13.6 Å². The minimum absolute atomic E-state index is 0.200. The lowest BCUT2D eigenvalue weighted by Gasteiger charge is -2.13. The standard InChI is InChI=1S/C51H64O4S4/c1-8-13-16-17-18-19-26-53-51(52)44-30-38-33(7)57-50(49(38)59-44)43-31-40-46(42-25-23-37(55-42)29-35(12-5)21-15-10-3)47-39(27-32(6)56-47)45(48(40)58-43)41-24-22-36(54-41)28-34(11-4)20-14-9-2/h22-25,27,30-31,34-35H,8-21,26,28-29H2,1-7H3. The van der Waals surface area contributed by atoms with Gasteiger partial charge in [-0.1, -0.05) is 118 Å². The van der Waals surface area contributed by atoms with E-state index in [-0.39, 0.29) is 5.97 Å². The van der Waals surface area contributed by atoms with Gasteiger partial charge in [-0.05, 0) is 74.6 Å². The van der Waals surface area contributed by atoms with Crippen LogP contribution in [0.5, 0.6) is 0 Å². The SMILES string of the molecule is CCCCCCCCOC(=O)c1cc2c(C)sc(-c3cc4c(-c5ccc(CC(CC)CCCC)o5)c5sc(C)cc5c(-c5ccc(CC(CC)CCCC)o5)c4s3)c2s1. The summed E-state index contributed by atoms with van der Waals surface area (Å²) in [5, 5.41) is 3.59. The van der Waals surface area contributed by atoms with Gasteiger partial charge in [-0.2, -0.15) is 0 Å². The van der Waals surface area contributed by atoms with Crippen LogP contribution in [0, 0.1) is 25.7 Å². The smallest absolute Gasteiger partial charge is 0.348 e. The number of fused-ring (bicyclic) bond motifs is 3. The fourth-order valence-electron chi connectivity index (χ4n) is 8.65. The molecule has 2 atom stereocenters. The number of carbonyl (C=O) groups is 1. The lowest BCUT2D eigenvalue weighted by atomic mass is 9.95. The number of furan rings is 2. The summed E-state index contributed by atoms with van der Waals surface area (Å²) in [6.45, 7) is 16.3.